The van der Waals surface area contributed by atoms with Crippen LogP contribution < -0.4 is 5.32 Å². The Bertz CT molecular complexity index is 343. The number of ether oxygens (including phenoxy) is 1. The molecular formula is C16H28ClNO2. The van der Waals surface area contributed by atoms with E-state index in [0.717, 1.165) is 32.7 Å². The first-order valence-corrected chi connectivity index (χ1v) is 7.22. The Morgan fingerprint density at radius 1 is 1.25 bits per heavy atom. The minimum absolute atomic E-state index is 0. The van der Waals surface area contributed by atoms with Gasteiger partial charge in [0.25, 0.3) is 0 Å². The van der Waals surface area contributed by atoms with Gasteiger partial charge in [0.05, 0.1) is 13.2 Å². The van der Waals surface area contributed by atoms with Crippen LogP contribution in [0.5, 0.6) is 5.75 Å². The van der Waals surface area contributed by atoms with Gasteiger partial charge in [0.2, 0.25) is 0 Å². The highest BCUT2D eigenvalue weighted by molar-refractivity contribution is 5.85. The molecule has 0 aromatic heterocycles. The first-order valence-electron chi connectivity index (χ1n) is 7.22. The number of halogens is 1. The monoisotopic (exact) mass is 301 g/mol. The SMILES string of the molecule is C1COCCN1.CCC(c1cccc(O)c1)C(C)C.Cl. The normalized spacial score (nSPS) is 15.8. The summed E-state index contributed by atoms with van der Waals surface area (Å²) in [6, 6.07) is 7.59. The lowest BCUT2D eigenvalue weighted by Crippen LogP contribution is -2.30. The fourth-order valence-corrected chi connectivity index (χ4v) is 2.36. The van der Waals surface area contributed by atoms with E-state index in [1.807, 2.05) is 12.1 Å². The quantitative estimate of drug-likeness (QED) is 0.897. The van der Waals surface area contributed by atoms with E-state index in [-0.39, 0.29) is 12.4 Å². The molecule has 0 amide bonds. The average molecular weight is 302 g/mol. The zero-order valence-corrected chi connectivity index (χ0v) is 13.6. The van der Waals surface area contributed by atoms with Crippen molar-refractivity contribution in [3.8, 4) is 5.75 Å². The van der Waals surface area contributed by atoms with Gasteiger partial charge >= 0.3 is 0 Å². The minimum Gasteiger partial charge on any atom is -0.508 e. The van der Waals surface area contributed by atoms with Crippen molar-refractivity contribution in [3.05, 3.63) is 29.8 Å². The molecule has 0 radical (unpaired) electrons. The van der Waals surface area contributed by atoms with Gasteiger partial charge in [0.1, 0.15) is 5.75 Å². The fourth-order valence-electron chi connectivity index (χ4n) is 2.36. The zero-order valence-electron chi connectivity index (χ0n) is 12.8. The summed E-state index contributed by atoms with van der Waals surface area (Å²) in [6.45, 7) is 10.5. The van der Waals surface area contributed by atoms with Crippen molar-refractivity contribution in [2.75, 3.05) is 26.3 Å². The first kappa shape index (κ1) is 19.2. The molecule has 1 atom stereocenters. The van der Waals surface area contributed by atoms with Gasteiger partial charge in [-0.25, -0.2) is 0 Å². The molecule has 2 rings (SSSR count). The highest BCUT2D eigenvalue weighted by Gasteiger charge is 2.13. The molecule has 4 heteroatoms. The van der Waals surface area contributed by atoms with Crippen LogP contribution in [0.4, 0.5) is 0 Å². The van der Waals surface area contributed by atoms with Crippen molar-refractivity contribution in [2.45, 2.75) is 33.1 Å². The van der Waals surface area contributed by atoms with Crippen LogP contribution in [-0.4, -0.2) is 31.4 Å². The molecule has 0 saturated carbocycles. The topological polar surface area (TPSA) is 41.5 Å². The van der Waals surface area contributed by atoms with Crippen LogP contribution >= 0.6 is 12.4 Å². The Kier molecular flexibility index (Phi) is 10.5. The molecule has 1 aromatic carbocycles. The van der Waals surface area contributed by atoms with Gasteiger partial charge in [-0.3, -0.25) is 0 Å². The van der Waals surface area contributed by atoms with E-state index in [1.165, 1.54) is 5.56 Å². The number of benzene rings is 1. The predicted octanol–water partition coefficient (Wildman–Crippen LogP) is 3.57. The number of morpholine rings is 1. The molecule has 0 aliphatic carbocycles. The first-order chi connectivity index (χ1) is 9.15. The maximum atomic E-state index is 9.34. The molecule has 1 aliphatic heterocycles. The van der Waals surface area contributed by atoms with E-state index in [0.29, 0.717) is 17.6 Å². The van der Waals surface area contributed by atoms with E-state index in [4.69, 9.17) is 4.74 Å². The predicted molar refractivity (Wildman–Crippen MR) is 86.9 cm³/mol. The Balaban J connectivity index is 0.000000434. The van der Waals surface area contributed by atoms with E-state index >= 15 is 0 Å². The second kappa shape index (κ2) is 11.0. The third-order valence-corrected chi connectivity index (χ3v) is 3.39. The number of phenols is 1. The van der Waals surface area contributed by atoms with Crippen molar-refractivity contribution >= 4 is 12.4 Å². The molecule has 1 aliphatic rings. The average Bonchev–Trinajstić information content (AvgIpc) is 2.42. The highest BCUT2D eigenvalue weighted by Crippen LogP contribution is 2.29. The van der Waals surface area contributed by atoms with Crippen LogP contribution in [0, 0.1) is 5.92 Å². The minimum atomic E-state index is 0. The molecule has 2 N–H and O–H groups in total. The van der Waals surface area contributed by atoms with Gasteiger partial charge < -0.3 is 15.2 Å². The Hall–Kier alpha value is -0.770. The summed E-state index contributed by atoms with van der Waals surface area (Å²) in [7, 11) is 0. The number of phenolic OH excluding ortho intramolecular Hbond substituents is 1. The maximum absolute atomic E-state index is 9.34. The van der Waals surface area contributed by atoms with E-state index in [2.05, 4.69) is 32.2 Å². The summed E-state index contributed by atoms with van der Waals surface area (Å²) in [5.41, 5.74) is 1.25. The van der Waals surface area contributed by atoms with Crippen LogP contribution in [0.25, 0.3) is 0 Å². The van der Waals surface area contributed by atoms with Gasteiger partial charge in [-0.15, -0.1) is 12.4 Å². The van der Waals surface area contributed by atoms with Gasteiger partial charge in [0.15, 0.2) is 0 Å². The Labute approximate surface area is 129 Å². The Morgan fingerprint density at radius 3 is 2.25 bits per heavy atom. The molecule has 1 aromatic rings. The van der Waals surface area contributed by atoms with E-state index in [9.17, 15) is 5.11 Å². The largest absolute Gasteiger partial charge is 0.508 e. The van der Waals surface area contributed by atoms with E-state index < -0.39 is 0 Å². The van der Waals surface area contributed by atoms with Gasteiger partial charge in [-0.05, 0) is 36.0 Å². The number of rotatable bonds is 3. The molecule has 1 unspecified atom stereocenters. The van der Waals surface area contributed by atoms with Gasteiger partial charge in [-0.1, -0.05) is 32.9 Å². The molecule has 1 heterocycles. The highest BCUT2D eigenvalue weighted by atomic mass is 35.5. The summed E-state index contributed by atoms with van der Waals surface area (Å²) in [4.78, 5) is 0. The van der Waals surface area contributed by atoms with Crippen molar-refractivity contribution in [1.29, 1.82) is 0 Å². The Morgan fingerprint density at radius 2 is 1.90 bits per heavy atom. The summed E-state index contributed by atoms with van der Waals surface area (Å²) >= 11 is 0. The zero-order chi connectivity index (χ0) is 14.1. The second-order valence-corrected chi connectivity index (χ2v) is 5.22. The fraction of sp³-hybridized carbons (Fsp3) is 0.625. The van der Waals surface area contributed by atoms with E-state index in [1.54, 1.807) is 6.07 Å². The third kappa shape index (κ3) is 7.13. The summed E-state index contributed by atoms with van der Waals surface area (Å²) in [5, 5.41) is 12.5. The summed E-state index contributed by atoms with van der Waals surface area (Å²) in [5.74, 6) is 1.57. The summed E-state index contributed by atoms with van der Waals surface area (Å²) < 4.78 is 5.01. The number of nitrogens with one attached hydrogen (secondary N) is 1. The smallest absolute Gasteiger partial charge is 0.115 e. The van der Waals surface area contributed by atoms with Crippen LogP contribution in [-0.2, 0) is 4.74 Å². The standard InChI is InChI=1S/C12H18O.C4H9NO.ClH/c1-4-12(9(2)3)10-6-5-7-11(13)8-10;1-3-6-4-2-5-1;/h5-9,12-13H,4H2,1-3H3;5H,1-4H2;1H. The molecule has 0 spiro atoms. The number of hydrogen-bond donors (Lipinski definition) is 2. The summed E-state index contributed by atoms with van der Waals surface area (Å²) in [6.07, 6.45) is 1.13. The molecule has 116 valence electrons. The molecule has 1 fully saturated rings. The van der Waals surface area contributed by atoms with Gasteiger partial charge in [0, 0.05) is 13.1 Å². The lowest BCUT2D eigenvalue weighted by atomic mass is 9.86. The third-order valence-electron chi connectivity index (χ3n) is 3.39. The molecule has 20 heavy (non-hydrogen) atoms. The van der Waals surface area contributed by atoms with Gasteiger partial charge in [-0.2, -0.15) is 0 Å². The lowest BCUT2D eigenvalue weighted by molar-refractivity contribution is 0.109. The molecule has 1 saturated heterocycles. The van der Waals surface area contributed by atoms with Crippen LogP contribution in [0.1, 0.15) is 38.7 Å². The number of aromatic hydroxyl groups is 1. The van der Waals surface area contributed by atoms with Crippen LogP contribution in [0.3, 0.4) is 0 Å². The van der Waals surface area contributed by atoms with Crippen LogP contribution in [0.15, 0.2) is 24.3 Å². The lowest BCUT2D eigenvalue weighted by Gasteiger charge is -2.19. The molecule has 3 nitrogen and oxygen atoms in total. The molecule has 0 bridgehead atoms. The maximum Gasteiger partial charge on any atom is 0.115 e. The van der Waals surface area contributed by atoms with Crippen molar-refractivity contribution in [1.82, 2.24) is 5.32 Å². The van der Waals surface area contributed by atoms with Crippen LogP contribution in [0.2, 0.25) is 0 Å². The molecular weight excluding hydrogens is 274 g/mol. The van der Waals surface area contributed by atoms with Crippen molar-refractivity contribution in [3.63, 3.8) is 0 Å². The van der Waals surface area contributed by atoms with Crippen molar-refractivity contribution in [2.24, 2.45) is 5.92 Å². The van der Waals surface area contributed by atoms with Crippen molar-refractivity contribution < 1.29 is 9.84 Å². The number of hydrogen-bond acceptors (Lipinski definition) is 3. The second-order valence-electron chi connectivity index (χ2n) is 5.22.